The number of hydrogen-bond donors (Lipinski definition) is 2. The van der Waals surface area contributed by atoms with E-state index in [4.69, 9.17) is 14.6 Å². The van der Waals surface area contributed by atoms with E-state index < -0.39 is 11.0 Å². The Morgan fingerprint density at radius 3 is 2.78 bits per heavy atom. The van der Waals surface area contributed by atoms with Crippen LogP contribution in [-0.4, -0.2) is 48.5 Å². The summed E-state index contributed by atoms with van der Waals surface area (Å²) >= 11 is 0. The average molecular weight is 257 g/mol. The third-order valence-corrected chi connectivity index (χ3v) is 2.18. The average Bonchev–Trinajstić information content (AvgIpc) is 2.37. The number of methoxy groups -OCH3 is 2. The van der Waals surface area contributed by atoms with Crippen LogP contribution in [0.4, 0.5) is 11.5 Å². The maximum atomic E-state index is 10.8. The molecule has 1 unspecified atom stereocenters. The summed E-state index contributed by atoms with van der Waals surface area (Å²) in [4.78, 5) is 14.2. The lowest BCUT2D eigenvalue weighted by Crippen LogP contribution is -2.29. The number of nitrogens with zero attached hydrogens (tertiary/aromatic N) is 2. The molecule has 1 aromatic heterocycles. The molecule has 0 aromatic carbocycles. The minimum Gasteiger partial charge on any atom is -0.481 e. The summed E-state index contributed by atoms with van der Waals surface area (Å²) in [5.74, 6) is 0.285. The highest BCUT2D eigenvalue weighted by atomic mass is 16.6. The number of rotatable bonds is 7. The number of aliphatic hydroxyl groups excluding tert-OH is 1. The van der Waals surface area contributed by atoms with Crippen molar-refractivity contribution in [2.24, 2.45) is 0 Å². The molecule has 1 atom stereocenters. The first-order chi connectivity index (χ1) is 8.62. The van der Waals surface area contributed by atoms with Crippen LogP contribution < -0.4 is 10.1 Å². The van der Waals surface area contributed by atoms with Crippen molar-refractivity contribution >= 4 is 11.5 Å². The number of ether oxygens (including phenoxy) is 2. The highest BCUT2D eigenvalue weighted by molar-refractivity contribution is 5.57. The monoisotopic (exact) mass is 257 g/mol. The quantitative estimate of drug-likeness (QED) is 0.538. The maximum absolute atomic E-state index is 10.8. The summed E-state index contributed by atoms with van der Waals surface area (Å²) in [7, 11) is 2.88. The van der Waals surface area contributed by atoms with Crippen LogP contribution in [0.2, 0.25) is 0 Å². The summed E-state index contributed by atoms with van der Waals surface area (Å²) in [5.41, 5.74) is -0.189. The lowest BCUT2D eigenvalue weighted by molar-refractivity contribution is -0.384. The van der Waals surface area contributed by atoms with Gasteiger partial charge in [-0.05, 0) is 0 Å². The highest BCUT2D eigenvalue weighted by Crippen LogP contribution is 2.25. The molecular formula is C10H15N3O5. The molecular weight excluding hydrogens is 242 g/mol. The van der Waals surface area contributed by atoms with Crippen molar-refractivity contribution in [3.05, 3.63) is 22.2 Å². The summed E-state index contributed by atoms with van der Waals surface area (Å²) in [6.07, 6.45) is 0. The van der Waals surface area contributed by atoms with Crippen LogP contribution >= 0.6 is 0 Å². The van der Waals surface area contributed by atoms with Gasteiger partial charge in [0.05, 0.1) is 31.3 Å². The number of aromatic nitrogens is 1. The van der Waals surface area contributed by atoms with Gasteiger partial charge in [-0.2, -0.15) is 4.98 Å². The second-order valence-electron chi connectivity index (χ2n) is 3.46. The van der Waals surface area contributed by atoms with Gasteiger partial charge in [-0.3, -0.25) is 10.1 Å². The Morgan fingerprint density at radius 2 is 2.28 bits per heavy atom. The fourth-order valence-corrected chi connectivity index (χ4v) is 1.34. The molecule has 0 saturated heterocycles. The largest absolute Gasteiger partial charge is 0.481 e. The Morgan fingerprint density at radius 1 is 1.56 bits per heavy atom. The molecule has 0 bridgehead atoms. The van der Waals surface area contributed by atoms with Crippen LogP contribution in [0.1, 0.15) is 0 Å². The zero-order valence-electron chi connectivity index (χ0n) is 10.1. The lowest BCUT2D eigenvalue weighted by atomic mass is 10.3. The Balaban J connectivity index is 2.99. The molecule has 0 radical (unpaired) electrons. The third-order valence-electron chi connectivity index (χ3n) is 2.18. The molecule has 1 rings (SSSR count). The molecule has 8 heteroatoms. The first-order valence-electron chi connectivity index (χ1n) is 5.18. The zero-order chi connectivity index (χ0) is 13.5. The van der Waals surface area contributed by atoms with Crippen molar-refractivity contribution in [1.29, 1.82) is 0 Å². The van der Waals surface area contributed by atoms with E-state index in [2.05, 4.69) is 10.3 Å². The second kappa shape index (κ2) is 6.72. The van der Waals surface area contributed by atoms with E-state index in [0.717, 1.165) is 0 Å². The van der Waals surface area contributed by atoms with Crippen molar-refractivity contribution in [2.75, 3.05) is 32.8 Å². The Hall–Kier alpha value is -1.93. The number of anilines is 1. The van der Waals surface area contributed by atoms with Crippen LogP contribution in [0.3, 0.4) is 0 Å². The Kier molecular flexibility index (Phi) is 5.28. The molecule has 0 spiro atoms. The summed E-state index contributed by atoms with van der Waals surface area (Å²) < 4.78 is 9.77. The van der Waals surface area contributed by atoms with E-state index in [9.17, 15) is 10.1 Å². The Bertz CT molecular complexity index is 412. The Labute approximate surface area is 104 Å². The molecule has 0 saturated carbocycles. The van der Waals surface area contributed by atoms with E-state index in [1.807, 2.05) is 0 Å². The zero-order valence-corrected chi connectivity index (χ0v) is 10.1. The number of pyridine rings is 1. The maximum Gasteiger partial charge on any atom is 0.311 e. The van der Waals surface area contributed by atoms with Gasteiger partial charge < -0.3 is 19.9 Å². The fraction of sp³-hybridized carbons (Fsp3) is 0.500. The molecule has 0 amide bonds. The van der Waals surface area contributed by atoms with Gasteiger partial charge in [0, 0.05) is 19.2 Å². The van der Waals surface area contributed by atoms with Crippen molar-refractivity contribution in [3.8, 4) is 5.88 Å². The summed E-state index contributed by atoms with van der Waals surface area (Å²) in [6, 6.07) is 2.21. The van der Waals surface area contributed by atoms with Gasteiger partial charge in [-0.15, -0.1) is 0 Å². The molecule has 18 heavy (non-hydrogen) atoms. The molecule has 0 aliphatic rings. The third kappa shape index (κ3) is 3.54. The standard InChI is InChI=1S/C10H15N3O5/c1-17-6-7(5-14)11-10-8(13(15)16)3-4-9(12-10)18-2/h3-4,7,14H,5-6H2,1-2H3,(H,11,12). The predicted molar refractivity (Wildman–Crippen MR) is 63.8 cm³/mol. The molecule has 1 aromatic rings. The molecule has 0 aliphatic heterocycles. The van der Waals surface area contributed by atoms with Gasteiger partial charge in [0.1, 0.15) is 0 Å². The summed E-state index contributed by atoms with van der Waals surface area (Å²) in [5, 5.41) is 22.7. The summed E-state index contributed by atoms with van der Waals surface area (Å²) in [6.45, 7) is -0.0313. The molecule has 8 nitrogen and oxygen atoms in total. The van der Waals surface area contributed by atoms with Crippen molar-refractivity contribution in [1.82, 2.24) is 4.98 Å². The number of aliphatic hydroxyl groups is 1. The normalized spacial score (nSPS) is 11.9. The molecule has 2 N–H and O–H groups in total. The molecule has 1 heterocycles. The van der Waals surface area contributed by atoms with Crippen LogP contribution in [0.5, 0.6) is 5.88 Å². The van der Waals surface area contributed by atoms with E-state index in [1.165, 1.54) is 26.4 Å². The van der Waals surface area contributed by atoms with E-state index >= 15 is 0 Å². The first-order valence-corrected chi connectivity index (χ1v) is 5.18. The van der Waals surface area contributed by atoms with Gasteiger partial charge >= 0.3 is 5.69 Å². The van der Waals surface area contributed by atoms with Gasteiger partial charge in [0.2, 0.25) is 11.7 Å². The van der Waals surface area contributed by atoms with Crippen molar-refractivity contribution in [3.63, 3.8) is 0 Å². The lowest BCUT2D eigenvalue weighted by Gasteiger charge is -2.16. The number of nitro groups is 1. The van der Waals surface area contributed by atoms with Crippen LogP contribution in [0.25, 0.3) is 0 Å². The van der Waals surface area contributed by atoms with Gasteiger partial charge in [-0.1, -0.05) is 0 Å². The van der Waals surface area contributed by atoms with Gasteiger partial charge in [0.25, 0.3) is 0 Å². The van der Waals surface area contributed by atoms with Crippen molar-refractivity contribution < 1.29 is 19.5 Å². The van der Waals surface area contributed by atoms with Crippen LogP contribution in [-0.2, 0) is 4.74 Å². The molecule has 0 fully saturated rings. The fourth-order valence-electron chi connectivity index (χ4n) is 1.34. The van der Waals surface area contributed by atoms with E-state index in [1.54, 1.807) is 0 Å². The second-order valence-corrected chi connectivity index (χ2v) is 3.46. The molecule has 0 aliphatic carbocycles. The number of nitrogens with one attached hydrogen (secondary N) is 1. The number of hydrogen-bond acceptors (Lipinski definition) is 7. The van der Waals surface area contributed by atoms with E-state index in [-0.39, 0.29) is 30.6 Å². The van der Waals surface area contributed by atoms with Crippen molar-refractivity contribution in [2.45, 2.75) is 6.04 Å². The van der Waals surface area contributed by atoms with Crippen LogP contribution in [0, 0.1) is 10.1 Å². The van der Waals surface area contributed by atoms with Crippen LogP contribution in [0.15, 0.2) is 12.1 Å². The predicted octanol–water partition coefficient (Wildman–Crippen LogP) is 0.418. The minimum atomic E-state index is -0.560. The smallest absolute Gasteiger partial charge is 0.311 e. The SMILES string of the molecule is COCC(CO)Nc1nc(OC)ccc1[N+](=O)[O-]. The highest BCUT2D eigenvalue weighted by Gasteiger charge is 2.19. The van der Waals surface area contributed by atoms with Gasteiger partial charge in [0.15, 0.2) is 0 Å². The first kappa shape index (κ1) is 14.1. The minimum absolute atomic E-state index is 0.0375. The van der Waals surface area contributed by atoms with E-state index in [0.29, 0.717) is 0 Å². The topological polar surface area (TPSA) is 107 Å². The van der Waals surface area contributed by atoms with Gasteiger partial charge in [-0.25, -0.2) is 0 Å². The molecule has 100 valence electrons.